The second-order valence-electron chi connectivity index (χ2n) is 4.93. The molecule has 1 fully saturated rings. The van der Waals surface area contributed by atoms with E-state index in [0.29, 0.717) is 12.2 Å². The van der Waals surface area contributed by atoms with Gasteiger partial charge in [-0.05, 0) is 31.5 Å². The largest absolute Gasteiger partial charge is 0.325 e. The molecular weight excluding hydrogens is 276 g/mol. The maximum absolute atomic E-state index is 12.2. The Morgan fingerprint density at radius 2 is 2.15 bits per heavy atom. The zero-order chi connectivity index (χ0) is 14.6. The van der Waals surface area contributed by atoms with Crippen LogP contribution >= 0.6 is 0 Å². The van der Waals surface area contributed by atoms with Crippen molar-refractivity contribution < 1.29 is 13.2 Å². The molecule has 0 bridgehead atoms. The summed E-state index contributed by atoms with van der Waals surface area (Å²) in [6.45, 7) is 3.18. The third-order valence-electron chi connectivity index (χ3n) is 3.53. The molecule has 6 heteroatoms. The fraction of sp³-hybridized carbons (Fsp3) is 0.500. The first kappa shape index (κ1) is 15.0. The maximum atomic E-state index is 12.2. The molecule has 0 spiro atoms. The Morgan fingerprint density at radius 1 is 1.40 bits per heavy atom. The molecule has 1 aromatic rings. The normalized spacial score (nSPS) is 19.6. The third-order valence-corrected chi connectivity index (χ3v) is 5.31. The second-order valence-corrected chi connectivity index (χ2v) is 7.18. The van der Waals surface area contributed by atoms with Crippen LogP contribution in [0.5, 0.6) is 0 Å². The van der Waals surface area contributed by atoms with Gasteiger partial charge in [0.1, 0.15) is 0 Å². The molecule has 110 valence electrons. The Bertz CT molecular complexity index is 578. The number of piperidine rings is 1. The van der Waals surface area contributed by atoms with E-state index in [1.807, 2.05) is 0 Å². The average Bonchev–Trinajstić information content (AvgIpc) is 2.48. The summed E-state index contributed by atoms with van der Waals surface area (Å²) in [5.41, 5.74) is 0.380. The topological polar surface area (TPSA) is 75.3 Å². The average molecular weight is 296 g/mol. The molecule has 0 aliphatic carbocycles. The highest BCUT2D eigenvalue weighted by Gasteiger charge is 2.23. The van der Waals surface area contributed by atoms with Gasteiger partial charge in [0.2, 0.25) is 5.91 Å². The van der Waals surface area contributed by atoms with Gasteiger partial charge in [-0.1, -0.05) is 19.1 Å². The van der Waals surface area contributed by atoms with Crippen LogP contribution in [0.1, 0.15) is 19.8 Å². The molecule has 0 unspecified atom stereocenters. The molecule has 0 aromatic heterocycles. The summed E-state index contributed by atoms with van der Waals surface area (Å²) in [6, 6.07) is 6.56. The molecule has 1 aliphatic heterocycles. The van der Waals surface area contributed by atoms with Crippen LogP contribution in [-0.2, 0) is 14.6 Å². The molecule has 1 aliphatic rings. The quantitative estimate of drug-likeness (QED) is 0.881. The lowest BCUT2D eigenvalue weighted by Gasteiger charge is -2.22. The highest BCUT2D eigenvalue weighted by molar-refractivity contribution is 7.91. The first-order valence-electron chi connectivity index (χ1n) is 6.88. The first-order valence-corrected chi connectivity index (χ1v) is 8.53. The Morgan fingerprint density at radius 3 is 2.80 bits per heavy atom. The van der Waals surface area contributed by atoms with Gasteiger partial charge in [0.15, 0.2) is 9.84 Å². The maximum Gasteiger partial charge on any atom is 0.228 e. The summed E-state index contributed by atoms with van der Waals surface area (Å²) in [5.74, 6) is -0.192. The van der Waals surface area contributed by atoms with Gasteiger partial charge in [0, 0.05) is 6.54 Å². The molecule has 20 heavy (non-hydrogen) atoms. The van der Waals surface area contributed by atoms with Gasteiger partial charge in [0.05, 0.1) is 22.3 Å². The monoisotopic (exact) mass is 296 g/mol. The van der Waals surface area contributed by atoms with Crippen LogP contribution in [0.4, 0.5) is 5.69 Å². The van der Waals surface area contributed by atoms with Crippen LogP contribution in [0.3, 0.4) is 0 Å². The minimum Gasteiger partial charge on any atom is -0.325 e. The lowest BCUT2D eigenvalue weighted by atomic mass is 9.99. The van der Waals surface area contributed by atoms with E-state index >= 15 is 0 Å². The number of amides is 1. The van der Waals surface area contributed by atoms with Crippen molar-refractivity contribution in [3.63, 3.8) is 0 Å². The summed E-state index contributed by atoms with van der Waals surface area (Å²) >= 11 is 0. The standard InChI is InChI=1S/C14H20N2O3S/c1-2-20(18,19)13-8-4-3-7-12(13)16-14(17)11-6-5-9-15-10-11/h3-4,7-8,11,15H,2,5-6,9-10H2,1H3,(H,16,17)/t11-/m0/s1. The Balaban J connectivity index is 2.19. The van der Waals surface area contributed by atoms with Crippen LogP contribution in [0.15, 0.2) is 29.2 Å². The number of hydrogen-bond donors (Lipinski definition) is 2. The van der Waals surface area contributed by atoms with Crippen molar-refractivity contribution >= 4 is 21.4 Å². The number of sulfone groups is 1. The first-order chi connectivity index (χ1) is 9.54. The number of hydrogen-bond acceptors (Lipinski definition) is 4. The summed E-state index contributed by atoms with van der Waals surface area (Å²) in [5, 5.41) is 5.94. The number of rotatable bonds is 4. The van der Waals surface area contributed by atoms with Crippen molar-refractivity contribution in [1.29, 1.82) is 0 Å². The molecule has 1 amide bonds. The van der Waals surface area contributed by atoms with Crippen molar-refractivity contribution in [2.75, 3.05) is 24.2 Å². The molecule has 5 nitrogen and oxygen atoms in total. The number of carbonyl (C=O) groups excluding carboxylic acids is 1. The third kappa shape index (κ3) is 3.37. The van der Waals surface area contributed by atoms with Crippen LogP contribution in [0, 0.1) is 5.92 Å². The molecule has 0 radical (unpaired) electrons. The zero-order valence-corrected chi connectivity index (χ0v) is 12.4. The number of anilines is 1. The van der Waals surface area contributed by atoms with Crippen molar-refractivity contribution in [3.05, 3.63) is 24.3 Å². The minimum atomic E-state index is -3.34. The summed E-state index contributed by atoms with van der Waals surface area (Å²) in [6.07, 6.45) is 1.80. The molecule has 1 atom stereocenters. The van der Waals surface area contributed by atoms with E-state index in [1.54, 1.807) is 25.1 Å². The van der Waals surface area contributed by atoms with Gasteiger partial charge >= 0.3 is 0 Å². The van der Waals surface area contributed by atoms with Gasteiger partial charge in [-0.25, -0.2) is 8.42 Å². The van der Waals surface area contributed by atoms with E-state index in [1.165, 1.54) is 6.07 Å². The number of carbonyl (C=O) groups is 1. The number of nitrogens with one attached hydrogen (secondary N) is 2. The van der Waals surface area contributed by atoms with E-state index in [-0.39, 0.29) is 22.5 Å². The molecule has 1 aromatic carbocycles. The Kier molecular flexibility index (Phi) is 4.77. The molecule has 1 heterocycles. The van der Waals surface area contributed by atoms with Gasteiger partial charge in [0.25, 0.3) is 0 Å². The molecule has 0 saturated carbocycles. The van der Waals surface area contributed by atoms with Crippen LogP contribution in [0.25, 0.3) is 0 Å². The second kappa shape index (κ2) is 6.37. The van der Waals surface area contributed by atoms with Crippen LogP contribution in [0.2, 0.25) is 0 Å². The predicted molar refractivity (Wildman–Crippen MR) is 78.4 cm³/mol. The minimum absolute atomic E-state index is 0.0187. The summed E-state index contributed by atoms with van der Waals surface area (Å²) < 4.78 is 24.0. The zero-order valence-electron chi connectivity index (χ0n) is 11.6. The fourth-order valence-corrected chi connectivity index (χ4v) is 3.36. The number of para-hydroxylation sites is 1. The van der Waals surface area contributed by atoms with E-state index in [0.717, 1.165) is 19.4 Å². The fourth-order valence-electron chi connectivity index (χ4n) is 2.31. The smallest absolute Gasteiger partial charge is 0.228 e. The summed E-state index contributed by atoms with van der Waals surface area (Å²) in [4.78, 5) is 12.4. The van der Waals surface area contributed by atoms with Crippen LogP contribution in [-0.4, -0.2) is 33.2 Å². The van der Waals surface area contributed by atoms with E-state index in [2.05, 4.69) is 10.6 Å². The van der Waals surface area contributed by atoms with Crippen molar-refractivity contribution in [3.8, 4) is 0 Å². The van der Waals surface area contributed by atoms with Gasteiger partial charge in [-0.2, -0.15) is 0 Å². The molecular formula is C14H20N2O3S. The Labute approximate surface area is 119 Å². The lowest BCUT2D eigenvalue weighted by molar-refractivity contribution is -0.120. The van der Waals surface area contributed by atoms with Crippen molar-refractivity contribution in [2.45, 2.75) is 24.7 Å². The molecule has 2 rings (SSSR count). The Hall–Kier alpha value is -1.40. The van der Waals surface area contributed by atoms with Crippen molar-refractivity contribution in [2.24, 2.45) is 5.92 Å². The highest BCUT2D eigenvalue weighted by atomic mass is 32.2. The van der Waals surface area contributed by atoms with Gasteiger partial charge in [-0.3, -0.25) is 4.79 Å². The van der Waals surface area contributed by atoms with E-state index < -0.39 is 9.84 Å². The van der Waals surface area contributed by atoms with Gasteiger partial charge in [-0.15, -0.1) is 0 Å². The van der Waals surface area contributed by atoms with Crippen molar-refractivity contribution in [1.82, 2.24) is 5.32 Å². The highest BCUT2D eigenvalue weighted by Crippen LogP contribution is 2.23. The van der Waals surface area contributed by atoms with E-state index in [4.69, 9.17) is 0 Å². The number of benzene rings is 1. The lowest BCUT2D eigenvalue weighted by Crippen LogP contribution is -2.37. The predicted octanol–water partition coefficient (Wildman–Crippen LogP) is 1.42. The molecule has 2 N–H and O–H groups in total. The summed E-state index contributed by atoms with van der Waals surface area (Å²) in [7, 11) is -3.34. The SMILES string of the molecule is CCS(=O)(=O)c1ccccc1NC(=O)[C@H]1CCCNC1. The van der Waals surface area contributed by atoms with Crippen LogP contribution < -0.4 is 10.6 Å². The molecule has 1 saturated heterocycles. The van der Waals surface area contributed by atoms with Gasteiger partial charge < -0.3 is 10.6 Å². The van der Waals surface area contributed by atoms with E-state index in [9.17, 15) is 13.2 Å².